The zero-order valence-electron chi connectivity index (χ0n) is 11.3. The Labute approximate surface area is 112 Å². The molecule has 0 unspecified atom stereocenters. The Morgan fingerprint density at radius 3 is 2.61 bits per heavy atom. The van der Waals surface area contributed by atoms with E-state index in [1.807, 2.05) is 45.2 Å². The van der Waals surface area contributed by atoms with Crippen LogP contribution in [0.1, 0.15) is 32.6 Å². The Balaban J connectivity index is 2.40. The average molecular weight is 268 g/mol. The first-order chi connectivity index (χ1) is 8.52. The van der Waals surface area contributed by atoms with Gasteiger partial charge in [-0.25, -0.2) is 0 Å². The van der Waals surface area contributed by atoms with Crippen LogP contribution in [0.25, 0.3) is 0 Å². The molecule has 0 radical (unpaired) electrons. The lowest BCUT2D eigenvalue weighted by Crippen LogP contribution is -2.43. The summed E-state index contributed by atoms with van der Waals surface area (Å²) in [5, 5.41) is 5.76. The van der Waals surface area contributed by atoms with Crippen molar-refractivity contribution in [2.75, 3.05) is 6.61 Å². The molecule has 1 rings (SSSR count). The summed E-state index contributed by atoms with van der Waals surface area (Å²) in [5.41, 5.74) is 0. The maximum absolute atomic E-state index is 11.9. The van der Waals surface area contributed by atoms with Crippen molar-refractivity contribution in [1.29, 1.82) is 0 Å². The minimum atomic E-state index is -0.0386. The molecule has 1 heterocycles. The molecule has 0 saturated carbocycles. The lowest BCUT2D eigenvalue weighted by molar-refractivity contribution is -0.139. The van der Waals surface area contributed by atoms with Gasteiger partial charge in [0.25, 0.3) is 5.91 Å². The fourth-order valence-corrected chi connectivity index (χ4v) is 2.37. The Morgan fingerprint density at radius 1 is 1.44 bits per heavy atom. The molecule has 0 aliphatic rings. The molecule has 0 aliphatic carbocycles. The van der Waals surface area contributed by atoms with Gasteiger partial charge in [0.15, 0.2) is 6.61 Å². The molecule has 0 bridgehead atoms. The first-order valence-corrected chi connectivity index (χ1v) is 6.90. The number of thiophene rings is 1. The van der Waals surface area contributed by atoms with Gasteiger partial charge in [-0.15, -0.1) is 11.3 Å². The van der Waals surface area contributed by atoms with E-state index in [1.54, 1.807) is 22.5 Å². The second kappa shape index (κ2) is 7.16. The summed E-state index contributed by atoms with van der Waals surface area (Å²) >= 11 is 1.57. The van der Waals surface area contributed by atoms with Crippen molar-refractivity contribution >= 4 is 23.5 Å². The molecular formula is C13H20N2O2S. The van der Waals surface area contributed by atoms with Crippen molar-refractivity contribution < 1.29 is 9.63 Å². The molecule has 18 heavy (non-hydrogen) atoms. The molecule has 0 saturated heterocycles. The van der Waals surface area contributed by atoms with Crippen LogP contribution < -0.4 is 0 Å². The fourth-order valence-electron chi connectivity index (χ4n) is 1.79. The molecule has 1 aromatic rings. The van der Waals surface area contributed by atoms with Gasteiger partial charge in [-0.2, -0.15) is 0 Å². The highest BCUT2D eigenvalue weighted by atomic mass is 32.1. The van der Waals surface area contributed by atoms with Gasteiger partial charge in [0.1, 0.15) is 0 Å². The van der Waals surface area contributed by atoms with E-state index in [1.165, 1.54) is 0 Å². The third-order valence-electron chi connectivity index (χ3n) is 2.39. The highest BCUT2D eigenvalue weighted by Gasteiger charge is 2.20. The number of amides is 1. The van der Waals surface area contributed by atoms with E-state index in [0.29, 0.717) is 0 Å². The highest BCUT2D eigenvalue weighted by molar-refractivity contribution is 7.11. The lowest BCUT2D eigenvalue weighted by Gasteiger charge is -2.30. The summed E-state index contributed by atoms with van der Waals surface area (Å²) in [7, 11) is 0. The number of carbonyl (C=O) groups is 1. The summed E-state index contributed by atoms with van der Waals surface area (Å²) < 4.78 is 0. The number of hydrogen-bond donors (Lipinski definition) is 0. The van der Waals surface area contributed by atoms with Crippen LogP contribution in [0.15, 0.2) is 22.7 Å². The van der Waals surface area contributed by atoms with Crippen LogP contribution >= 0.6 is 11.3 Å². The summed E-state index contributed by atoms with van der Waals surface area (Å²) in [6.45, 7) is 7.96. The molecule has 4 nitrogen and oxygen atoms in total. The molecule has 100 valence electrons. The molecule has 0 atom stereocenters. The van der Waals surface area contributed by atoms with Gasteiger partial charge in [0, 0.05) is 17.0 Å². The molecule has 1 amide bonds. The Kier molecular flexibility index (Phi) is 5.85. The van der Waals surface area contributed by atoms with Gasteiger partial charge in [-0.3, -0.25) is 4.79 Å². The standard InChI is InChI=1S/C13H20N2O2S/c1-10(2)15(11(3)4)13(16)9-17-14-8-12-6-5-7-18-12/h5-8,10-11H,9H2,1-4H3. The maximum Gasteiger partial charge on any atom is 0.263 e. The quantitative estimate of drug-likeness (QED) is 0.588. The Morgan fingerprint density at radius 2 is 2.11 bits per heavy atom. The smallest absolute Gasteiger partial charge is 0.263 e. The van der Waals surface area contributed by atoms with Gasteiger partial charge in [-0.1, -0.05) is 11.2 Å². The zero-order valence-corrected chi connectivity index (χ0v) is 12.1. The van der Waals surface area contributed by atoms with E-state index in [4.69, 9.17) is 4.84 Å². The molecule has 1 aromatic heterocycles. The normalized spacial score (nSPS) is 11.4. The monoisotopic (exact) mass is 268 g/mol. The predicted octanol–water partition coefficient (Wildman–Crippen LogP) is 2.74. The van der Waals surface area contributed by atoms with E-state index in [-0.39, 0.29) is 24.6 Å². The van der Waals surface area contributed by atoms with Crippen molar-refractivity contribution in [3.05, 3.63) is 22.4 Å². The molecule has 0 N–H and O–H groups in total. The Hall–Kier alpha value is -1.36. The van der Waals surface area contributed by atoms with Crippen LogP contribution in [0.5, 0.6) is 0 Å². The van der Waals surface area contributed by atoms with Gasteiger partial charge in [0.05, 0.1) is 6.21 Å². The van der Waals surface area contributed by atoms with Gasteiger partial charge in [0.2, 0.25) is 0 Å². The van der Waals surface area contributed by atoms with E-state index in [9.17, 15) is 4.79 Å². The van der Waals surface area contributed by atoms with Crippen LogP contribution in [-0.2, 0) is 9.63 Å². The van der Waals surface area contributed by atoms with Crippen LogP contribution in [0.4, 0.5) is 0 Å². The molecule has 5 heteroatoms. The second-order valence-corrected chi connectivity index (χ2v) is 5.49. The van der Waals surface area contributed by atoms with E-state index >= 15 is 0 Å². The SMILES string of the molecule is CC(C)N(C(=O)CON=Cc1cccs1)C(C)C. The van der Waals surface area contributed by atoms with Crippen molar-refractivity contribution in [3.63, 3.8) is 0 Å². The zero-order chi connectivity index (χ0) is 13.5. The second-order valence-electron chi connectivity index (χ2n) is 4.51. The maximum atomic E-state index is 11.9. The molecule has 0 aliphatic heterocycles. The van der Waals surface area contributed by atoms with Gasteiger partial charge < -0.3 is 9.74 Å². The number of hydrogen-bond acceptors (Lipinski definition) is 4. The van der Waals surface area contributed by atoms with Crippen molar-refractivity contribution in [1.82, 2.24) is 4.90 Å². The summed E-state index contributed by atoms with van der Waals surface area (Å²) in [4.78, 5) is 19.8. The van der Waals surface area contributed by atoms with E-state index in [2.05, 4.69) is 5.16 Å². The summed E-state index contributed by atoms with van der Waals surface area (Å²) in [6, 6.07) is 4.22. The van der Waals surface area contributed by atoms with Gasteiger partial charge >= 0.3 is 0 Å². The summed E-state index contributed by atoms with van der Waals surface area (Å²) in [6.07, 6.45) is 1.62. The van der Waals surface area contributed by atoms with E-state index in [0.717, 1.165) is 4.88 Å². The third kappa shape index (κ3) is 4.49. The van der Waals surface area contributed by atoms with Crippen LogP contribution in [0.3, 0.4) is 0 Å². The van der Waals surface area contributed by atoms with Crippen molar-refractivity contribution in [2.24, 2.45) is 5.16 Å². The van der Waals surface area contributed by atoms with Crippen LogP contribution in [0.2, 0.25) is 0 Å². The minimum Gasteiger partial charge on any atom is -0.386 e. The average Bonchev–Trinajstić information content (AvgIpc) is 2.76. The van der Waals surface area contributed by atoms with Crippen molar-refractivity contribution in [3.8, 4) is 0 Å². The first kappa shape index (κ1) is 14.7. The van der Waals surface area contributed by atoms with Crippen LogP contribution in [-0.4, -0.2) is 35.7 Å². The molecule has 0 fully saturated rings. The fraction of sp³-hybridized carbons (Fsp3) is 0.538. The van der Waals surface area contributed by atoms with Gasteiger partial charge in [-0.05, 0) is 39.1 Å². The van der Waals surface area contributed by atoms with Crippen molar-refractivity contribution in [2.45, 2.75) is 39.8 Å². The number of rotatable bonds is 6. The lowest BCUT2D eigenvalue weighted by atomic mass is 10.2. The number of nitrogens with zero attached hydrogens (tertiary/aromatic N) is 2. The topological polar surface area (TPSA) is 41.9 Å². The molecular weight excluding hydrogens is 248 g/mol. The largest absolute Gasteiger partial charge is 0.386 e. The predicted molar refractivity (Wildman–Crippen MR) is 75.0 cm³/mol. The third-order valence-corrected chi connectivity index (χ3v) is 3.19. The highest BCUT2D eigenvalue weighted by Crippen LogP contribution is 2.06. The minimum absolute atomic E-state index is 0.0156. The van der Waals surface area contributed by atoms with Crippen LogP contribution in [0, 0.1) is 0 Å². The number of oxime groups is 1. The summed E-state index contributed by atoms with van der Waals surface area (Å²) in [5.74, 6) is -0.0386. The first-order valence-electron chi connectivity index (χ1n) is 6.02. The van der Waals surface area contributed by atoms with E-state index < -0.39 is 0 Å². The number of carbonyl (C=O) groups excluding carboxylic acids is 1. The molecule has 0 aromatic carbocycles. The molecule has 0 spiro atoms. The Bertz CT molecular complexity index is 378.